The van der Waals surface area contributed by atoms with Crippen LogP contribution in [0.1, 0.15) is 59.4 Å². The molecule has 1 aromatic rings. The number of nitrogens with zero attached hydrogens (tertiary/aromatic N) is 4. The van der Waals surface area contributed by atoms with Gasteiger partial charge in [0.25, 0.3) is 0 Å². The molecular weight excluding hydrogens is 334 g/mol. The molecule has 2 heterocycles. The summed E-state index contributed by atoms with van der Waals surface area (Å²) in [6.45, 7) is 10.7. The minimum Gasteiger partial charge on any atom is -0.353 e. The van der Waals surface area contributed by atoms with Gasteiger partial charge in [-0.2, -0.15) is 0 Å². The van der Waals surface area contributed by atoms with Crippen LogP contribution in [0.5, 0.6) is 0 Å². The molecule has 6 nitrogen and oxygen atoms in total. The van der Waals surface area contributed by atoms with Crippen LogP contribution < -0.4 is 10.2 Å². The smallest absolute Gasteiger partial charge is 0.230 e. The van der Waals surface area contributed by atoms with E-state index in [-0.39, 0.29) is 11.9 Å². The molecule has 2 aliphatic rings. The third-order valence-electron chi connectivity index (χ3n) is 5.35. The third-order valence-corrected chi connectivity index (χ3v) is 6.29. The Labute approximate surface area is 155 Å². The second-order valence-electron chi connectivity index (χ2n) is 7.94. The Kier molecular flexibility index (Phi) is 5.92. The highest BCUT2D eigenvalue weighted by atomic mass is 32.2. The molecule has 2 fully saturated rings. The first kappa shape index (κ1) is 18.5. The van der Waals surface area contributed by atoms with Crippen LogP contribution in [0.25, 0.3) is 0 Å². The van der Waals surface area contributed by atoms with Gasteiger partial charge in [0.15, 0.2) is 5.16 Å². The van der Waals surface area contributed by atoms with E-state index in [1.807, 2.05) is 0 Å². The molecule has 7 heteroatoms. The Morgan fingerprint density at radius 3 is 2.48 bits per heavy atom. The van der Waals surface area contributed by atoms with E-state index in [4.69, 9.17) is 0 Å². The number of amides is 1. The van der Waals surface area contributed by atoms with Gasteiger partial charge in [0.2, 0.25) is 11.9 Å². The first-order chi connectivity index (χ1) is 12.0. The zero-order chi connectivity index (χ0) is 18.0. The number of rotatable bonds is 7. The average Bonchev–Trinajstić information content (AvgIpc) is 3.33. The molecule has 1 amide bonds. The largest absolute Gasteiger partial charge is 0.353 e. The van der Waals surface area contributed by atoms with Crippen LogP contribution in [0.2, 0.25) is 0 Å². The fourth-order valence-electron chi connectivity index (χ4n) is 3.04. The number of piperidine rings is 1. The lowest BCUT2D eigenvalue weighted by atomic mass is 10.00. The fraction of sp³-hybridized carbons (Fsp3) is 0.833. The first-order valence-electron chi connectivity index (χ1n) is 9.57. The summed E-state index contributed by atoms with van der Waals surface area (Å²) in [6.07, 6.45) is 4.82. The summed E-state index contributed by atoms with van der Waals surface area (Å²) in [5, 5.41) is 12.8. The molecule has 3 rings (SSSR count). The first-order valence-corrected chi connectivity index (χ1v) is 10.6. The SMILES string of the molecule is CC1CCN(c2nnc(SCC(=O)NC(C)C(C)C)n2C2CC2)CC1. The van der Waals surface area contributed by atoms with E-state index in [2.05, 4.69) is 52.7 Å². The highest BCUT2D eigenvalue weighted by Crippen LogP contribution is 2.41. The fourth-order valence-corrected chi connectivity index (χ4v) is 3.85. The van der Waals surface area contributed by atoms with Crippen LogP contribution in [0.3, 0.4) is 0 Å². The molecule has 1 saturated heterocycles. The van der Waals surface area contributed by atoms with E-state index in [9.17, 15) is 4.79 Å². The molecule has 0 spiro atoms. The van der Waals surface area contributed by atoms with E-state index in [1.165, 1.54) is 37.4 Å². The lowest BCUT2D eigenvalue weighted by Crippen LogP contribution is -2.37. The van der Waals surface area contributed by atoms with Gasteiger partial charge in [0, 0.05) is 25.2 Å². The van der Waals surface area contributed by atoms with E-state index in [0.717, 1.165) is 30.1 Å². The highest BCUT2D eigenvalue weighted by molar-refractivity contribution is 7.99. The van der Waals surface area contributed by atoms with Gasteiger partial charge in [-0.25, -0.2) is 0 Å². The molecule has 1 aromatic heterocycles. The zero-order valence-electron chi connectivity index (χ0n) is 15.9. The van der Waals surface area contributed by atoms with Crippen LogP contribution in [-0.4, -0.2) is 45.6 Å². The topological polar surface area (TPSA) is 63.1 Å². The van der Waals surface area contributed by atoms with Crippen molar-refractivity contribution in [2.45, 2.75) is 70.6 Å². The van der Waals surface area contributed by atoms with Crippen LogP contribution >= 0.6 is 11.8 Å². The van der Waals surface area contributed by atoms with Crippen LogP contribution in [-0.2, 0) is 4.79 Å². The number of hydrogen-bond acceptors (Lipinski definition) is 5. The summed E-state index contributed by atoms with van der Waals surface area (Å²) >= 11 is 1.51. The number of hydrogen-bond donors (Lipinski definition) is 1. The predicted molar refractivity (Wildman–Crippen MR) is 102 cm³/mol. The van der Waals surface area contributed by atoms with Gasteiger partial charge in [-0.1, -0.05) is 32.5 Å². The van der Waals surface area contributed by atoms with Crippen LogP contribution in [0.15, 0.2) is 5.16 Å². The quantitative estimate of drug-likeness (QED) is 0.752. The van der Waals surface area contributed by atoms with Crippen molar-refractivity contribution in [3.05, 3.63) is 0 Å². The minimum atomic E-state index is 0.0740. The van der Waals surface area contributed by atoms with Gasteiger partial charge in [0.1, 0.15) is 0 Å². The second-order valence-corrected chi connectivity index (χ2v) is 8.88. The number of carbonyl (C=O) groups excluding carboxylic acids is 1. The van der Waals surface area contributed by atoms with Gasteiger partial charge >= 0.3 is 0 Å². The predicted octanol–water partition coefficient (Wildman–Crippen LogP) is 3.10. The van der Waals surface area contributed by atoms with E-state index >= 15 is 0 Å². The van der Waals surface area contributed by atoms with Crippen molar-refractivity contribution in [2.24, 2.45) is 11.8 Å². The molecule has 1 saturated carbocycles. The third kappa shape index (κ3) is 4.68. The Balaban J connectivity index is 1.63. The van der Waals surface area contributed by atoms with Crippen LogP contribution in [0.4, 0.5) is 5.95 Å². The van der Waals surface area contributed by atoms with E-state index in [1.54, 1.807) is 0 Å². The van der Waals surface area contributed by atoms with Crippen molar-refractivity contribution in [1.29, 1.82) is 0 Å². The molecule has 1 aliphatic carbocycles. The summed E-state index contributed by atoms with van der Waals surface area (Å²) in [4.78, 5) is 14.5. The van der Waals surface area contributed by atoms with Crippen molar-refractivity contribution in [1.82, 2.24) is 20.1 Å². The van der Waals surface area contributed by atoms with Crippen LogP contribution in [0, 0.1) is 11.8 Å². The number of anilines is 1. The number of aromatic nitrogens is 3. The van der Waals surface area contributed by atoms with E-state index < -0.39 is 0 Å². The summed E-state index contributed by atoms with van der Waals surface area (Å²) in [5.74, 6) is 2.72. The van der Waals surface area contributed by atoms with Gasteiger partial charge < -0.3 is 10.2 Å². The average molecular weight is 366 g/mol. The van der Waals surface area contributed by atoms with Crippen molar-refractivity contribution >= 4 is 23.6 Å². The van der Waals surface area contributed by atoms with Gasteiger partial charge in [-0.3, -0.25) is 9.36 Å². The molecule has 1 N–H and O–H groups in total. The number of carbonyl (C=O) groups is 1. The Morgan fingerprint density at radius 1 is 1.20 bits per heavy atom. The van der Waals surface area contributed by atoms with Crippen molar-refractivity contribution in [2.75, 3.05) is 23.7 Å². The summed E-state index contributed by atoms with van der Waals surface area (Å²) in [7, 11) is 0. The second kappa shape index (κ2) is 7.98. The molecular formula is C18H31N5OS. The normalized spacial score (nSPS) is 20.1. The Hall–Kier alpha value is -1.24. The number of nitrogens with one attached hydrogen (secondary N) is 1. The lowest BCUT2D eigenvalue weighted by Gasteiger charge is -2.31. The van der Waals surface area contributed by atoms with E-state index in [0.29, 0.717) is 17.7 Å². The van der Waals surface area contributed by atoms with Gasteiger partial charge in [-0.15, -0.1) is 10.2 Å². The highest BCUT2D eigenvalue weighted by Gasteiger charge is 2.32. The lowest BCUT2D eigenvalue weighted by molar-refractivity contribution is -0.119. The molecule has 0 bridgehead atoms. The Bertz CT molecular complexity index is 590. The molecule has 1 unspecified atom stereocenters. The molecule has 1 aliphatic heterocycles. The monoisotopic (exact) mass is 365 g/mol. The Morgan fingerprint density at radius 2 is 1.88 bits per heavy atom. The number of thioether (sulfide) groups is 1. The zero-order valence-corrected chi connectivity index (χ0v) is 16.7. The summed E-state index contributed by atoms with van der Waals surface area (Å²) in [6, 6.07) is 0.713. The van der Waals surface area contributed by atoms with Crippen molar-refractivity contribution in [3.8, 4) is 0 Å². The van der Waals surface area contributed by atoms with Gasteiger partial charge in [0.05, 0.1) is 5.75 Å². The van der Waals surface area contributed by atoms with Crippen molar-refractivity contribution < 1.29 is 4.79 Å². The van der Waals surface area contributed by atoms with Crippen molar-refractivity contribution in [3.63, 3.8) is 0 Å². The summed E-state index contributed by atoms with van der Waals surface area (Å²) in [5.41, 5.74) is 0. The maximum atomic E-state index is 12.2. The summed E-state index contributed by atoms with van der Waals surface area (Å²) < 4.78 is 2.28. The molecule has 0 aromatic carbocycles. The molecule has 1 atom stereocenters. The van der Waals surface area contributed by atoms with Gasteiger partial charge in [-0.05, 0) is 44.4 Å². The standard InChI is InChI=1S/C18H31N5OS/c1-12(2)14(4)19-16(24)11-25-18-21-20-17(23(18)15-5-6-15)22-9-7-13(3)8-10-22/h12-15H,5-11H2,1-4H3,(H,19,24). The molecule has 0 radical (unpaired) electrons. The molecule has 140 valence electrons. The molecule has 25 heavy (non-hydrogen) atoms. The maximum absolute atomic E-state index is 12.2. The maximum Gasteiger partial charge on any atom is 0.230 e. The minimum absolute atomic E-state index is 0.0740.